The molecule has 4 nitrogen and oxygen atoms in total. The van der Waals surface area contributed by atoms with Crippen molar-refractivity contribution in [1.82, 2.24) is 9.80 Å². The van der Waals surface area contributed by atoms with Gasteiger partial charge in [-0.15, -0.1) is 11.3 Å². The van der Waals surface area contributed by atoms with Crippen LogP contribution in [-0.4, -0.2) is 34.2 Å². The molecule has 0 N–H and O–H groups in total. The van der Waals surface area contributed by atoms with Crippen molar-refractivity contribution in [3.8, 4) is 0 Å². The Balaban J connectivity index is 1.60. The third-order valence-electron chi connectivity index (χ3n) is 6.58. The van der Waals surface area contributed by atoms with Crippen molar-refractivity contribution in [2.75, 3.05) is 6.54 Å². The first-order chi connectivity index (χ1) is 17.7. The lowest BCUT2D eigenvalue weighted by atomic mass is 9.93. The fraction of sp³-hybridized carbons (Fsp3) is 0.357. The van der Waals surface area contributed by atoms with Gasteiger partial charge in [-0.05, 0) is 60.2 Å². The fourth-order valence-corrected chi connectivity index (χ4v) is 5.35. The van der Waals surface area contributed by atoms with Gasteiger partial charge in [0.25, 0.3) is 5.91 Å². The summed E-state index contributed by atoms with van der Waals surface area (Å²) in [7, 11) is 0. The van der Waals surface area contributed by atoms with Crippen molar-refractivity contribution in [1.29, 1.82) is 0 Å². The van der Waals surface area contributed by atoms with Crippen LogP contribution >= 0.6 is 11.3 Å². The van der Waals surface area contributed by atoms with E-state index in [0.29, 0.717) is 19.4 Å². The van der Waals surface area contributed by atoms with Crippen molar-refractivity contribution >= 4 is 23.2 Å². The number of rotatable bonds is 8. The Kier molecular flexibility index (Phi) is 8.63. The van der Waals surface area contributed by atoms with Crippen LogP contribution in [0, 0.1) is 5.82 Å². The third kappa shape index (κ3) is 7.19. The summed E-state index contributed by atoms with van der Waals surface area (Å²) in [6.07, 6.45) is -0.388. The molecular weight excluding hydrogens is 504 g/mol. The maximum absolute atomic E-state index is 13.6. The van der Waals surface area contributed by atoms with Crippen LogP contribution in [-0.2, 0) is 24.1 Å². The number of hydrogen-bond acceptors (Lipinski definition) is 3. The average molecular weight is 533 g/mol. The fourth-order valence-electron chi connectivity index (χ4n) is 4.63. The van der Waals surface area contributed by atoms with Crippen molar-refractivity contribution < 1.29 is 27.2 Å². The molecule has 0 aliphatic heterocycles. The summed E-state index contributed by atoms with van der Waals surface area (Å²) in [5, 5.41) is 1.90. The molecular formula is C28H28F4N2O2S. The van der Waals surface area contributed by atoms with E-state index in [0.717, 1.165) is 41.8 Å². The van der Waals surface area contributed by atoms with Crippen molar-refractivity contribution in [3.63, 3.8) is 0 Å². The summed E-state index contributed by atoms with van der Waals surface area (Å²) in [5.41, 5.74) is -0.250. The summed E-state index contributed by atoms with van der Waals surface area (Å²) in [5.74, 6) is -1.28. The molecule has 0 spiro atoms. The van der Waals surface area contributed by atoms with Crippen LogP contribution in [0.5, 0.6) is 0 Å². The van der Waals surface area contributed by atoms with Gasteiger partial charge in [0, 0.05) is 23.0 Å². The monoisotopic (exact) mass is 532 g/mol. The van der Waals surface area contributed by atoms with Gasteiger partial charge in [-0.25, -0.2) is 4.39 Å². The SMILES string of the molecule is O=C(CN(C(=O)c1cccc(C(F)(F)F)c1)C1CCCCC1)N(Cc1ccc(F)cc1)Cc1cccs1. The number of alkyl halides is 3. The number of thiophene rings is 1. The lowest BCUT2D eigenvalue weighted by Crippen LogP contribution is -2.48. The molecule has 2 aromatic carbocycles. The highest BCUT2D eigenvalue weighted by atomic mass is 32.1. The van der Waals surface area contributed by atoms with Crippen LogP contribution in [0.4, 0.5) is 17.6 Å². The summed E-state index contributed by atoms with van der Waals surface area (Å²) in [6, 6.07) is 13.8. The number of amides is 2. The lowest BCUT2D eigenvalue weighted by Gasteiger charge is -2.35. The first-order valence-electron chi connectivity index (χ1n) is 12.2. The Labute approximate surface area is 217 Å². The number of nitrogens with zero attached hydrogens (tertiary/aromatic N) is 2. The molecule has 0 bridgehead atoms. The molecule has 1 aliphatic rings. The van der Waals surface area contributed by atoms with Gasteiger partial charge in [-0.1, -0.05) is 43.5 Å². The highest BCUT2D eigenvalue weighted by Crippen LogP contribution is 2.31. The molecule has 4 rings (SSSR count). The normalized spacial score (nSPS) is 14.4. The molecule has 0 saturated heterocycles. The van der Waals surface area contributed by atoms with Crippen molar-refractivity contribution in [2.45, 2.75) is 57.4 Å². The van der Waals surface area contributed by atoms with E-state index in [4.69, 9.17) is 0 Å². The second-order valence-corrected chi connectivity index (χ2v) is 10.3. The minimum atomic E-state index is -4.57. The first-order valence-corrected chi connectivity index (χ1v) is 13.1. The predicted molar refractivity (Wildman–Crippen MR) is 134 cm³/mol. The summed E-state index contributed by atoms with van der Waals surface area (Å²) in [6.45, 7) is 0.281. The molecule has 0 atom stereocenters. The number of carbonyl (C=O) groups is 2. The van der Waals surface area contributed by atoms with Gasteiger partial charge in [-0.3, -0.25) is 9.59 Å². The molecule has 2 amide bonds. The zero-order valence-corrected chi connectivity index (χ0v) is 21.0. The Morgan fingerprint density at radius 2 is 1.65 bits per heavy atom. The molecule has 37 heavy (non-hydrogen) atoms. The van der Waals surface area contributed by atoms with Crippen LogP contribution in [0.25, 0.3) is 0 Å². The topological polar surface area (TPSA) is 40.6 Å². The number of carbonyl (C=O) groups excluding carboxylic acids is 2. The molecule has 1 aliphatic carbocycles. The lowest BCUT2D eigenvalue weighted by molar-refractivity contribution is -0.137. The third-order valence-corrected chi connectivity index (χ3v) is 7.45. The van der Waals surface area contributed by atoms with Crippen LogP contribution in [0.3, 0.4) is 0 Å². The van der Waals surface area contributed by atoms with E-state index in [2.05, 4.69) is 0 Å². The van der Waals surface area contributed by atoms with Gasteiger partial charge in [-0.2, -0.15) is 13.2 Å². The van der Waals surface area contributed by atoms with Crippen molar-refractivity contribution in [2.24, 2.45) is 0 Å². The molecule has 1 heterocycles. The predicted octanol–water partition coefficient (Wildman–Crippen LogP) is 6.91. The number of halogens is 4. The summed E-state index contributed by atoms with van der Waals surface area (Å²) in [4.78, 5) is 31.2. The van der Waals surface area contributed by atoms with E-state index in [1.807, 2.05) is 17.5 Å². The molecule has 3 aromatic rings. The molecule has 1 aromatic heterocycles. The van der Waals surface area contributed by atoms with Crippen LogP contribution < -0.4 is 0 Å². The summed E-state index contributed by atoms with van der Waals surface area (Å²) >= 11 is 1.49. The largest absolute Gasteiger partial charge is 0.416 e. The Morgan fingerprint density at radius 1 is 0.919 bits per heavy atom. The minimum Gasteiger partial charge on any atom is -0.332 e. The molecule has 1 fully saturated rings. The van der Waals surface area contributed by atoms with Gasteiger partial charge in [0.1, 0.15) is 12.4 Å². The molecule has 0 radical (unpaired) electrons. The Bertz CT molecular complexity index is 1190. The van der Waals surface area contributed by atoms with Crippen molar-refractivity contribution in [3.05, 3.63) is 93.4 Å². The zero-order valence-electron chi connectivity index (χ0n) is 20.2. The zero-order chi connectivity index (χ0) is 26.4. The smallest absolute Gasteiger partial charge is 0.332 e. The van der Waals surface area contributed by atoms with E-state index in [1.165, 1.54) is 40.5 Å². The standard InChI is InChI=1S/C28H28F4N2O2S/c29-23-13-11-20(12-14-23)17-33(18-25-10-5-15-37-25)26(35)19-34(24-8-2-1-3-9-24)27(36)21-6-4-7-22(16-21)28(30,31)32/h4-7,10-16,24H,1-3,8-9,17-19H2. The van der Waals surface area contributed by atoms with E-state index in [-0.39, 0.29) is 36.4 Å². The van der Waals surface area contributed by atoms with Gasteiger partial charge in [0.15, 0.2) is 0 Å². The second-order valence-electron chi connectivity index (χ2n) is 9.26. The van der Waals surface area contributed by atoms with E-state index in [9.17, 15) is 27.2 Å². The van der Waals surface area contributed by atoms with E-state index < -0.39 is 17.6 Å². The van der Waals surface area contributed by atoms with Crippen LogP contribution in [0.15, 0.2) is 66.0 Å². The first kappa shape index (κ1) is 26.9. The van der Waals surface area contributed by atoms with Gasteiger partial charge >= 0.3 is 6.18 Å². The second kappa shape index (κ2) is 11.9. The number of hydrogen-bond donors (Lipinski definition) is 0. The minimum absolute atomic E-state index is 0.0865. The number of benzene rings is 2. The van der Waals surface area contributed by atoms with Gasteiger partial charge in [0.2, 0.25) is 5.91 Å². The van der Waals surface area contributed by atoms with Crippen LogP contribution in [0.2, 0.25) is 0 Å². The van der Waals surface area contributed by atoms with Crippen LogP contribution in [0.1, 0.15) is 58.5 Å². The Morgan fingerprint density at radius 3 is 2.30 bits per heavy atom. The van der Waals surface area contributed by atoms with E-state index in [1.54, 1.807) is 17.0 Å². The molecule has 0 unspecified atom stereocenters. The highest BCUT2D eigenvalue weighted by Gasteiger charge is 2.33. The Hall–Kier alpha value is -3.20. The maximum atomic E-state index is 13.6. The maximum Gasteiger partial charge on any atom is 0.416 e. The molecule has 196 valence electrons. The highest BCUT2D eigenvalue weighted by molar-refractivity contribution is 7.09. The average Bonchev–Trinajstić information content (AvgIpc) is 3.41. The molecule has 9 heteroatoms. The quantitative estimate of drug-likeness (QED) is 0.296. The van der Waals surface area contributed by atoms with Gasteiger partial charge < -0.3 is 9.80 Å². The molecule has 1 saturated carbocycles. The summed E-state index contributed by atoms with van der Waals surface area (Å²) < 4.78 is 53.3. The van der Waals surface area contributed by atoms with Gasteiger partial charge in [0.05, 0.1) is 12.1 Å². The van der Waals surface area contributed by atoms with E-state index >= 15 is 0 Å².